The summed E-state index contributed by atoms with van der Waals surface area (Å²) in [5.41, 5.74) is 2.10. The fraction of sp³-hybridized carbons (Fsp3) is 0.308. The molecule has 1 aromatic carbocycles. The molecule has 1 aromatic heterocycles. The number of nitrogens with zero attached hydrogens (tertiary/aromatic N) is 1. The predicted molar refractivity (Wildman–Crippen MR) is 64.7 cm³/mol. The lowest BCUT2D eigenvalue weighted by Gasteiger charge is -2.06. The summed E-state index contributed by atoms with van der Waals surface area (Å²) in [5, 5.41) is 3.30. The molecule has 0 spiro atoms. The van der Waals surface area contributed by atoms with E-state index < -0.39 is 0 Å². The highest BCUT2D eigenvalue weighted by Gasteiger charge is 1.98. The predicted octanol–water partition coefficient (Wildman–Crippen LogP) is 2.36. The van der Waals surface area contributed by atoms with Crippen molar-refractivity contribution in [3.05, 3.63) is 48.2 Å². The minimum Gasteiger partial charge on any atom is -0.494 e. The molecule has 0 bridgehead atoms. The number of hydrogen-bond acceptors (Lipinski definition) is 4. The highest BCUT2D eigenvalue weighted by molar-refractivity contribution is 5.28. The van der Waals surface area contributed by atoms with Crippen molar-refractivity contribution in [1.29, 1.82) is 0 Å². The molecule has 0 radical (unpaired) electrons. The molecule has 4 nitrogen and oxygen atoms in total. The van der Waals surface area contributed by atoms with Crippen molar-refractivity contribution in [2.45, 2.75) is 20.0 Å². The van der Waals surface area contributed by atoms with Crippen LogP contribution in [-0.2, 0) is 13.1 Å². The van der Waals surface area contributed by atoms with Gasteiger partial charge in [-0.15, -0.1) is 0 Å². The van der Waals surface area contributed by atoms with E-state index >= 15 is 0 Å². The molecule has 0 amide bonds. The van der Waals surface area contributed by atoms with Gasteiger partial charge in [-0.05, 0) is 24.6 Å². The van der Waals surface area contributed by atoms with Gasteiger partial charge in [-0.2, -0.15) is 0 Å². The normalized spacial score (nSPS) is 10.4. The maximum Gasteiger partial charge on any atom is 0.180 e. The van der Waals surface area contributed by atoms with E-state index in [-0.39, 0.29) is 0 Å². The van der Waals surface area contributed by atoms with Crippen LogP contribution in [0.4, 0.5) is 0 Å². The standard InChI is InChI=1S/C13H16N2O2/c1-2-17-13-5-3-4-11(6-13)7-14-8-12-9-16-10-15-12/h3-6,9-10,14H,2,7-8H2,1H3. The fourth-order valence-electron chi connectivity index (χ4n) is 1.57. The second-order valence-corrected chi connectivity index (χ2v) is 3.66. The van der Waals surface area contributed by atoms with Crippen LogP contribution in [0.1, 0.15) is 18.2 Å². The molecule has 0 atom stereocenters. The number of nitrogens with one attached hydrogen (secondary N) is 1. The van der Waals surface area contributed by atoms with Gasteiger partial charge in [-0.25, -0.2) is 4.98 Å². The lowest BCUT2D eigenvalue weighted by atomic mass is 10.2. The zero-order valence-corrected chi connectivity index (χ0v) is 9.85. The minimum absolute atomic E-state index is 0.690. The van der Waals surface area contributed by atoms with Gasteiger partial charge in [0.05, 0.1) is 12.3 Å². The Morgan fingerprint density at radius 3 is 3.06 bits per heavy atom. The Morgan fingerprint density at radius 2 is 2.29 bits per heavy atom. The molecule has 0 saturated heterocycles. The number of hydrogen-bond donors (Lipinski definition) is 1. The van der Waals surface area contributed by atoms with Gasteiger partial charge in [0, 0.05) is 13.1 Å². The van der Waals surface area contributed by atoms with Crippen LogP contribution >= 0.6 is 0 Å². The van der Waals surface area contributed by atoms with Gasteiger partial charge < -0.3 is 14.5 Å². The topological polar surface area (TPSA) is 47.3 Å². The fourth-order valence-corrected chi connectivity index (χ4v) is 1.57. The maximum absolute atomic E-state index is 5.44. The Kier molecular flexibility index (Phi) is 4.16. The van der Waals surface area contributed by atoms with Crippen LogP contribution in [-0.4, -0.2) is 11.6 Å². The molecule has 1 heterocycles. The average molecular weight is 232 g/mol. The molecule has 2 rings (SSSR count). The summed E-state index contributed by atoms with van der Waals surface area (Å²) in [6.07, 6.45) is 3.08. The third kappa shape index (κ3) is 3.60. The van der Waals surface area contributed by atoms with E-state index in [4.69, 9.17) is 9.15 Å². The molecule has 2 aromatic rings. The first-order chi connectivity index (χ1) is 8.38. The second kappa shape index (κ2) is 6.06. The van der Waals surface area contributed by atoms with Crippen LogP contribution in [0, 0.1) is 0 Å². The van der Waals surface area contributed by atoms with Gasteiger partial charge in [-0.3, -0.25) is 0 Å². The summed E-state index contributed by atoms with van der Waals surface area (Å²) in [4.78, 5) is 4.04. The van der Waals surface area contributed by atoms with E-state index in [0.717, 1.165) is 18.0 Å². The molecule has 1 N–H and O–H groups in total. The summed E-state index contributed by atoms with van der Waals surface area (Å²) in [6.45, 7) is 4.16. The van der Waals surface area contributed by atoms with Gasteiger partial charge in [-0.1, -0.05) is 12.1 Å². The van der Waals surface area contributed by atoms with E-state index in [1.54, 1.807) is 6.26 Å². The van der Waals surface area contributed by atoms with Crippen molar-refractivity contribution in [3.8, 4) is 5.75 Å². The molecule has 17 heavy (non-hydrogen) atoms. The number of ether oxygens (including phenoxy) is 1. The first-order valence-corrected chi connectivity index (χ1v) is 5.68. The average Bonchev–Trinajstić information content (AvgIpc) is 2.83. The van der Waals surface area contributed by atoms with Crippen molar-refractivity contribution in [2.24, 2.45) is 0 Å². The van der Waals surface area contributed by atoms with Gasteiger partial charge in [0.25, 0.3) is 0 Å². The Bertz CT molecular complexity index is 440. The van der Waals surface area contributed by atoms with Crippen molar-refractivity contribution in [3.63, 3.8) is 0 Å². The first kappa shape index (κ1) is 11.7. The SMILES string of the molecule is CCOc1cccc(CNCc2cocn2)c1. The zero-order valence-electron chi connectivity index (χ0n) is 9.85. The largest absolute Gasteiger partial charge is 0.494 e. The Morgan fingerprint density at radius 1 is 1.35 bits per heavy atom. The summed E-state index contributed by atoms with van der Waals surface area (Å²) in [6, 6.07) is 8.07. The highest BCUT2D eigenvalue weighted by atomic mass is 16.5. The molecular formula is C13H16N2O2. The van der Waals surface area contributed by atoms with Crippen molar-refractivity contribution in [2.75, 3.05) is 6.61 Å². The molecular weight excluding hydrogens is 216 g/mol. The summed E-state index contributed by atoms with van der Waals surface area (Å²) in [7, 11) is 0. The van der Waals surface area contributed by atoms with Crippen LogP contribution in [0.3, 0.4) is 0 Å². The van der Waals surface area contributed by atoms with Crippen LogP contribution in [0.5, 0.6) is 5.75 Å². The zero-order chi connectivity index (χ0) is 11.9. The van der Waals surface area contributed by atoms with Crippen LogP contribution in [0.2, 0.25) is 0 Å². The Hall–Kier alpha value is -1.81. The molecule has 0 fully saturated rings. The van der Waals surface area contributed by atoms with E-state index in [0.29, 0.717) is 13.2 Å². The molecule has 0 unspecified atom stereocenters. The molecule has 0 aliphatic rings. The lowest BCUT2D eigenvalue weighted by molar-refractivity contribution is 0.340. The maximum atomic E-state index is 5.44. The molecule has 0 saturated carbocycles. The van der Waals surface area contributed by atoms with Gasteiger partial charge in [0.15, 0.2) is 6.39 Å². The van der Waals surface area contributed by atoms with Crippen LogP contribution in [0.15, 0.2) is 41.3 Å². The molecule has 0 aliphatic carbocycles. The van der Waals surface area contributed by atoms with Crippen LogP contribution < -0.4 is 10.1 Å². The third-order valence-corrected chi connectivity index (χ3v) is 2.33. The number of oxazole rings is 1. The van der Waals surface area contributed by atoms with E-state index in [9.17, 15) is 0 Å². The highest BCUT2D eigenvalue weighted by Crippen LogP contribution is 2.13. The molecule has 4 heteroatoms. The first-order valence-electron chi connectivity index (χ1n) is 5.68. The minimum atomic E-state index is 0.690. The van der Waals surface area contributed by atoms with E-state index in [2.05, 4.69) is 16.4 Å². The van der Waals surface area contributed by atoms with Crippen molar-refractivity contribution < 1.29 is 9.15 Å². The Labute approximate surface area is 101 Å². The second-order valence-electron chi connectivity index (χ2n) is 3.66. The lowest BCUT2D eigenvalue weighted by Crippen LogP contribution is -2.12. The number of aromatic nitrogens is 1. The van der Waals surface area contributed by atoms with Crippen molar-refractivity contribution >= 4 is 0 Å². The smallest absolute Gasteiger partial charge is 0.180 e. The summed E-state index contributed by atoms with van der Waals surface area (Å²) >= 11 is 0. The van der Waals surface area contributed by atoms with Gasteiger partial charge in [0.2, 0.25) is 0 Å². The van der Waals surface area contributed by atoms with E-state index in [1.165, 1.54) is 12.0 Å². The summed E-state index contributed by atoms with van der Waals surface area (Å²) < 4.78 is 10.3. The summed E-state index contributed by atoms with van der Waals surface area (Å²) in [5.74, 6) is 0.910. The van der Waals surface area contributed by atoms with Crippen LogP contribution in [0.25, 0.3) is 0 Å². The quantitative estimate of drug-likeness (QED) is 0.830. The number of rotatable bonds is 6. The van der Waals surface area contributed by atoms with Crippen molar-refractivity contribution in [1.82, 2.24) is 10.3 Å². The third-order valence-electron chi connectivity index (χ3n) is 2.33. The van der Waals surface area contributed by atoms with Gasteiger partial charge in [0.1, 0.15) is 12.0 Å². The Balaban J connectivity index is 1.84. The monoisotopic (exact) mass is 232 g/mol. The molecule has 0 aliphatic heterocycles. The number of benzene rings is 1. The van der Waals surface area contributed by atoms with Gasteiger partial charge >= 0.3 is 0 Å². The van der Waals surface area contributed by atoms with E-state index in [1.807, 2.05) is 25.1 Å². The molecule has 90 valence electrons.